The minimum Gasteiger partial charge on any atom is -1.00 e. The summed E-state index contributed by atoms with van der Waals surface area (Å²) in [6.45, 7) is 0. The van der Waals surface area contributed by atoms with Gasteiger partial charge in [0.05, 0.1) is 0 Å². The van der Waals surface area contributed by atoms with Gasteiger partial charge in [-0.25, -0.2) is 0 Å². The molecule has 1 rings (SSSR count). The third-order valence-corrected chi connectivity index (χ3v) is 1.13. The SMILES string of the molecule is On1ccccc1=S.[Ca+2].[H-].[H-]. The van der Waals surface area contributed by atoms with Gasteiger partial charge in [-0.05, 0) is 12.1 Å². The quantitative estimate of drug-likeness (QED) is 0.360. The zero-order valence-corrected chi connectivity index (χ0v) is 7.84. The van der Waals surface area contributed by atoms with Gasteiger partial charge in [0.1, 0.15) is 4.64 Å². The fraction of sp³-hybridized carbons (Fsp3) is 0. The number of aromatic nitrogens is 1. The predicted molar refractivity (Wildman–Crippen MR) is 40.4 cm³/mol. The van der Waals surface area contributed by atoms with Gasteiger partial charge in [0.2, 0.25) is 0 Å². The average Bonchev–Trinajstić information content (AvgIpc) is 1.77. The van der Waals surface area contributed by atoms with Gasteiger partial charge in [-0.1, -0.05) is 18.3 Å². The van der Waals surface area contributed by atoms with E-state index in [0.717, 1.165) is 4.73 Å². The van der Waals surface area contributed by atoms with Crippen molar-refractivity contribution in [1.82, 2.24) is 4.73 Å². The molecule has 0 bridgehead atoms. The Balaban J connectivity index is -0.000000213. The minimum atomic E-state index is 0. The summed E-state index contributed by atoms with van der Waals surface area (Å²) in [6.07, 6.45) is 1.49. The van der Waals surface area contributed by atoms with Crippen LogP contribution in [0.1, 0.15) is 2.85 Å². The van der Waals surface area contributed by atoms with E-state index in [1.165, 1.54) is 6.20 Å². The molecule has 0 amide bonds. The van der Waals surface area contributed by atoms with Gasteiger partial charge in [-0.2, -0.15) is 4.73 Å². The van der Waals surface area contributed by atoms with Crippen LogP contribution in [0.15, 0.2) is 24.4 Å². The summed E-state index contributed by atoms with van der Waals surface area (Å²) in [6, 6.07) is 5.13. The molecule has 0 saturated heterocycles. The zero-order valence-electron chi connectivity index (χ0n) is 6.82. The molecule has 46 valence electrons. The van der Waals surface area contributed by atoms with Gasteiger partial charge in [0.15, 0.2) is 0 Å². The average molecular weight is 169 g/mol. The number of hydrogen-bond acceptors (Lipinski definition) is 2. The Morgan fingerprint density at radius 2 is 2.22 bits per heavy atom. The normalized spacial score (nSPS) is 8.00. The standard InChI is InChI=1S/C5H5NOS.Ca.2H/c7-6-4-2-1-3-5(6)8;;;/h1-4,7H;;;/q;+2;2*-1. The smallest absolute Gasteiger partial charge is 1.00 e. The molecule has 4 heteroatoms. The van der Waals surface area contributed by atoms with Crippen molar-refractivity contribution >= 4 is 50.0 Å². The Bertz CT molecular complexity index is 242. The molecular weight excluding hydrogens is 162 g/mol. The molecule has 9 heavy (non-hydrogen) atoms. The fourth-order valence-electron chi connectivity index (χ4n) is 0.419. The molecule has 0 unspecified atom stereocenters. The fourth-order valence-corrected chi connectivity index (χ4v) is 0.558. The summed E-state index contributed by atoms with van der Waals surface area (Å²) in [7, 11) is 0. The van der Waals surface area contributed by atoms with Gasteiger partial charge in [0, 0.05) is 6.20 Å². The summed E-state index contributed by atoms with van der Waals surface area (Å²) in [5, 5.41) is 8.73. The third kappa shape index (κ3) is 2.67. The van der Waals surface area contributed by atoms with E-state index in [9.17, 15) is 0 Å². The van der Waals surface area contributed by atoms with Crippen molar-refractivity contribution in [1.29, 1.82) is 0 Å². The molecule has 1 N–H and O–H groups in total. The summed E-state index contributed by atoms with van der Waals surface area (Å²) >= 11 is 4.67. The first-order valence-electron chi connectivity index (χ1n) is 2.17. The second-order valence-electron chi connectivity index (χ2n) is 1.38. The Labute approximate surface area is 91.1 Å². The van der Waals surface area contributed by atoms with Crippen molar-refractivity contribution in [2.75, 3.05) is 0 Å². The first-order chi connectivity index (χ1) is 3.80. The molecule has 2 nitrogen and oxygen atoms in total. The second kappa shape index (κ2) is 4.28. The number of pyridine rings is 1. The van der Waals surface area contributed by atoms with Crippen LogP contribution in [0.5, 0.6) is 0 Å². The van der Waals surface area contributed by atoms with Crippen LogP contribution in [0.25, 0.3) is 0 Å². The number of rotatable bonds is 0. The van der Waals surface area contributed by atoms with E-state index in [-0.39, 0.29) is 40.6 Å². The largest absolute Gasteiger partial charge is 2.00 e. The molecule has 1 heterocycles. The van der Waals surface area contributed by atoms with E-state index < -0.39 is 0 Å². The van der Waals surface area contributed by atoms with E-state index in [0.29, 0.717) is 4.64 Å². The minimum absolute atomic E-state index is 0. The molecule has 0 aliphatic rings. The summed E-state index contributed by atoms with van der Waals surface area (Å²) in [5.74, 6) is 0. The van der Waals surface area contributed by atoms with Crippen LogP contribution in [0, 0.1) is 4.64 Å². The molecule has 0 spiro atoms. The molecule has 0 fully saturated rings. The van der Waals surface area contributed by atoms with Crippen LogP contribution in [0.4, 0.5) is 0 Å². The molecule has 0 atom stereocenters. The molecule has 0 saturated carbocycles. The van der Waals surface area contributed by atoms with Gasteiger partial charge >= 0.3 is 37.7 Å². The topological polar surface area (TPSA) is 25.2 Å². The Morgan fingerprint density at radius 1 is 1.56 bits per heavy atom. The van der Waals surface area contributed by atoms with Crippen LogP contribution in [0.2, 0.25) is 0 Å². The van der Waals surface area contributed by atoms with Crippen LogP contribution >= 0.6 is 12.2 Å². The van der Waals surface area contributed by atoms with E-state index in [4.69, 9.17) is 5.21 Å². The van der Waals surface area contributed by atoms with Crippen LogP contribution < -0.4 is 0 Å². The van der Waals surface area contributed by atoms with Gasteiger partial charge in [-0.3, -0.25) is 0 Å². The van der Waals surface area contributed by atoms with Crippen molar-refractivity contribution in [3.63, 3.8) is 0 Å². The molecule has 0 radical (unpaired) electrons. The first kappa shape index (κ1) is 9.43. The first-order valence-corrected chi connectivity index (χ1v) is 2.58. The van der Waals surface area contributed by atoms with Gasteiger partial charge in [-0.15, -0.1) is 0 Å². The predicted octanol–water partition coefficient (Wildman–Crippen LogP) is 1.30. The summed E-state index contributed by atoms with van der Waals surface area (Å²) in [4.78, 5) is 0. The van der Waals surface area contributed by atoms with Gasteiger partial charge in [0.25, 0.3) is 0 Å². The maximum atomic E-state index is 8.73. The molecular formula is C5H7CaNOS. The molecule has 0 aliphatic heterocycles. The van der Waals surface area contributed by atoms with Crippen LogP contribution in [-0.2, 0) is 0 Å². The Hall–Kier alpha value is 0.430. The number of hydrogen-bond donors (Lipinski definition) is 1. The summed E-state index contributed by atoms with van der Waals surface area (Å²) in [5.41, 5.74) is 0. The van der Waals surface area contributed by atoms with Crippen LogP contribution in [-0.4, -0.2) is 47.7 Å². The molecule has 0 aromatic carbocycles. The van der Waals surface area contributed by atoms with E-state index in [1.54, 1.807) is 18.2 Å². The second-order valence-corrected chi connectivity index (χ2v) is 1.80. The monoisotopic (exact) mass is 169 g/mol. The van der Waals surface area contributed by atoms with E-state index in [2.05, 4.69) is 12.2 Å². The van der Waals surface area contributed by atoms with Crippen molar-refractivity contribution < 1.29 is 8.06 Å². The summed E-state index contributed by atoms with van der Waals surface area (Å²) < 4.78 is 1.32. The Morgan fingerprint density at radius 3 is 2.56 bits per heavy atom. The van der Waals surface area contributed by atoms with Crippen molar-refractivity contribution in [2.24, 2.45) is 0 Å². The van der Waals surface area contributed by atoms with Crippen molar-refractivity contribution in [3.8, 4) is 0 Å². The van der Waals surface area contributed by atoms with E-state index in [1.807, 2.05) is 0 Å². The van der Waals surface area contributed by atoms with Gasteiger partial charge < -0.3 is 8.06 Å². The number of nitrogens with zero attached hydrogens (tertiary/aromatic N) is 1. The molecule has 1 aromatic rings. The van der Waals surface area contributed by atoms with Crippen molar-refractivity contribution in [2.45, 2.75) is 0 Å². The molecule has 1 aromatic heterocycles. The maximum absolute atomic E-state index is 8.73. The zero-order chi connectivity index (χ0) is 5.98. The van der Waals surface area contributed by atoms with E-state index >= 15 is 0 Å². The maximum Gasteiger partial charge on any atom is 2.00 e. The third-order valence-electron chi connectivity index (χ3n) is 0.803. The molecule has 0 aliphatic carbocycles. The Kier molecular flexibility index (Phi) is 4.48. The van der Waals surface area contributed by atoms with Crippen LogP contribution in [0.3, 0.4) is 0 Å². The van der Waals surface area contributed by atoms with Crippen molar-refractivity contribution in [3.05, 3.63) is 29.0 Å².